The van der Waals surface area contributed by atoms with Gasteiger partial charge < -0.3 is 15.0 Å². The van der Waals surface area contributed by atoms with Crippen molar-refractivity contribution < 1.29 is 19.1 Å². The largest absolute Gasteiger partial charge is 0.452 e. The van der Waals surface area contributed by atoms with Crippen LogP contribution in [-0.4, -0.2) is 35.8 Å². The van der Waals surface area contributed by atoms with E-state index >= 15 is 0 Å². The highest BCUT2D eigenvalue weighted by Gasteiger charge is 2.20. The summed E-state index contributed by atoms with van der Waals surface area (Å²) in [5.74, 6) is -0.812. The number of amides is 2. The lowest BCUT2D eigenvalue weighted by Crippen LogP contribution is -2.23. The van der Waals surface area contributed by atoms with E-state index in [-0.39, 0.29) is 12.5 Å². The van der Waals surface area contributed by atoms with E-state index in [9.17, 15) is 14.4 Å². The first kappa shape index (κ1) is 21.3. The minimum Gasteiger partial charge on any atom is -0.452 e. The SMILES string of the molecule is O=C(COC(=O)c1ccc(CN2CCCC2=O)cc1)Nc1ccc(-c2ccccc2)cc1. The highest BCUT2D eigenvalue weighted by Crippen LogP contribution is 2.21. The van der Waals surface area contributed by atoms with Gasteiger partial charge in [-0.3, -0.25) is 9.59 Å². The van der Waals surface area contributed by atoms with Crippen LogP contribution < -0.4 is 5.32 Å². The third kappa shape index (κ3) is 5.40. The molecule has 4 rings (SSSR count). The van der Waals surface area contributed by atoms with Crippen molar-refractivity contribution in [3.8, 4) is 11.1 Å². The summed E-state index contributed by atoms with van der Waals surface area (Å²) in [6.45, 7) is 0.940. The maximum absolute atomic E-state index is 12.2. The third-order valence-electron chi connectivity index (χ3n) is 5.34. The standard InChI is InChI=1S/C26H24N2O4/c29-24(27-23-14-12-21(13-15-23)20-5-2-1-3-6-20)18-32-26(31)22-10-8-19(9-11-22)17-28-16-4-7-25(28)30/h1-3,5-6,8-15H,4,7,16-18H2,(H,27,29). The molecule has 162 valence electrons. The van der Waals surface area contributed by atoms with Gasteiger partial charge in [0, 0.05) is 25.2 Å². The average Bonchev–Trinajstić information content (AvgIpc) is 3.23. The van der Waals surface area contributed by atoms with Crippen LogP contribution in [0.2, 0.25) is 0 Å². The maximum atomic E-state index is 12.2. The average molecular weight is 428 g/mol. The summed E-state index contributed by atoms with van der Waals surface area (Å²) in [4.78, 5) is 37.9. The van der Waals surface area contributed by atoms with Gasteiger partial charge in [-0.1, -0.05) is 54.6 Å². The molecule has 1 aliphatic rings. The number of rotatable bonds is 7. The van der Waals surface area contributed by atoms with Gasteiger partial charge in [-0.15, -0.1) is 0 Å². The molecule has 1 N–H and O–H groups in total. The molecule has 2 amide bonds. The zero-order valence-corrected chi connectivity index (χ0v) is 17.6. The van der Waals surface area contributed by atoms with Gasteiger partial charge in [-0.05, 0) is 47.4 Å². The second-order valence-corrected chi connectivity index (χ2v) is 7.68. The number of likely N-dealkylation sites (tertiary alicyclic amines) is 1. The number of nitrogens with zero attached hydrogens (tertiary/aromatic N) is 1. The minimum absolute atomic E-state index is 0.161. The first-order valence-corrected chi connectivity index (χ1v) is 10.6. The Bertz CT molecular complexity index is 1090. The van der Waals surface area contributed by atoms with Crippen molar-refractivity contribution in [3.05, 3.63) is 90.0 Å². The Kier molecular flexibility index (Phi) is 6.60. The van der Waals surface area contributed by atoms with E-state index in [0.717, 1.165) is 29.7 Å². The van der Waals surface area contributed by atoms with Gasteiger partial charge >= 0.3 is 5.97 Å². The number of carbonyl (C=O) groups is 3. The van der Waals surface area contributed by atoms with Gasteiger partial charge in [0.2, 0.25) is 5.91 Å². The summed E-state index contributed by atoms with van der Waals surface area (Å²) >= 11 is 0. The van der Waals surface area contributed by atoms with Gasteiger partial charge in [0.15, 0.2) is 6.61 Å². The van der Waals surface area contributed by atoms with Crippen LogP contribution in [0.25, 0.3) is 11.1 Å². The summed E-state index contributed by atoms with van der Waals surface area (Å²) in [6, 6.07) is 24.3. The molecule has 0 aliphatic carbocycles. The second kappa shape index (κ2) is 9.92. The molecule has 1 saturated heterocycles. The Morgan fingerprint density at radius 1 is 0.875 bits per heavy atom. The number of hydrogen-bond acceptors (Lipinski definition) is 4. The van der Waals surface area contributed by atoms with E-state index < -0.39 is 11.9 Å². The van der Waals surface area contributed by atoms with E-state index in [4.69, 9.17) is 4.74 Å². The van der Waals surface area contributed by atoms with Crippen LogP contribution in [0.4, 0.5) is 5.69 Å². The smallest absolute Gasteiger partial charge is 0.338 e. The molecule has 32 heavy (non-hydrogen) atoms. The lowest BCUT2D eigenvalue weighted by molar-refractivity contribution is -0.128. The molecule has 1 fully saturated rings. The maximum Gasteiger partial charge on any atom is 0.338 e. The number of carbonyl (C=O) groups excluding carboxylic acids is 3. The first-order chi connectivity index (χ1) is 15.6. The molecule has 0 unspecified atom stereocenters. The van der Waals surface area contributed by atoms with Crippen molar-refractivity contribution in [2.24, 2.45) is 0 Å². The van der Waals surface area contributed by atoms with Crippen LogP contribution >= 0.6 is 0 Å². The van der Waals surface area contributed by atoms with Crippen molar-refractivity contribution in [1.29, 1.82) is 0 Å². The van der Waals surface area contributed by atoms with E-state index in [0.29, 0.717) is 24.2 Å². The van der Waals surface area contributed by atoms with Gasteiger partial charge in [-0.2, -0.15) is 0 Å². The van der Waals surface area contributed by atoms with Crippen LogP contribution in [0.5, 0.6) is 0 Å². The normalized spacial score (nSPS) is 13.1. The first-order valence-electron chi connectivity index (χ1n) is 10.6. The summed E-state index contributed by atoms with van der Waals surface area (Å²) < 4.78 is 5.13. The lowest BCUT2D eigenvalue weighted by Gasteiger charge is -2.15. The molecule has 6 nitrogen and oxygen atoms in total. The number of benzene rings is 3. The Labute approximate surface area is 186 Å². The zero-order chi connectivity index (χ0) is 22.3. The molecular formula is C26H24N2O4. The predicted molar refractivity (Wildman–Crippen MR) is 122 cm³/mol. The van der Waals surface area contributed by atoms with Gasteiger partial charge in [0.1, 0.15) is 0 Å². The molecular weight excluding hydrogens is 404 g/mol. The van der Waals surface area contributed by atoms with Crippen molar-refractivity contribution in [3.63, 3.8) is 0 Å². The van der Waals surface area contributed by atoms with Crippen molar-refractivity contribution in [2.75, 3.05) is 18.5 Å². The Balaban J connectivity index is 1.25. The summed E-state index contributed by atoms with van der Waals surface area (Å²) in [5.41, 5.74) is 4.09. The van der Waals surface area contributed by atoms with Crippen LogP contribution in [0, 0.1) is 0 Å². The van der Waals surface area contributed by atoms with Gasteiger partial charge in [0.25, 0.3) is 5.91 Å². The molecule has 0 radical (unpaired) electrons. The van der Waals surface area contributed by atoms with E-state index in [1.807, 2.05) is 59.5 Å². The van der Waals surface area contributed by atoms with Crippen LogP contribution in [-0.2, 0) is 20.9 Å². The van der Waals surface area contributed by atoms with Gasteiger partial charge in [-0.25, -0.2) is 4.79 Å². The molecule has 1 heterocycles. The molecule has 0 bridgehead atoms. The molecule has 1 aliphatic heterocycles. The molecule has 0 aromatic heterocycles. The molecule has 3 aromatic rings. The topological polar surface area (TPSA) is 75.7 Å². The van der Waals surface area contributed by atoms with Gasteiger partial charge in [0.05, 0.1) is 5.56 Å². The fraction of sp³-hybridized carbons (Fsp3) is 0.192. The number of hydrogen-bond donors (Lipinski definition) is 1. The Morgan fingerprint density at radius 3 is 2.22 bits per heavy atom. The Morgan fingerprint density at radius 2 is 1.56 bits per heavy atom. The number of esters is 1. The quantitative estimate of drug-likeness (QED) is 0.570. The van der Waals surface area contributed by atoms with Crippen LogP contribution in [0.15, 0.2) is 78.9 Å². The highest BCUT2D eigenvalue weighted by atomic mass is 16.5. The third-order valence-corrected chi connectivity index (χ3v) is 5.34. The number of nitrogens with one attached hydrogen (secondary N) is 1. The highest BCUT2D eigenvalue weighted by molar-refractivity contribution is 5.95. The second-order valence-electron chi connectivity index (χ2n) is 7.68. The Hall–Kier alpha value is -3.93. The number of ether oxygens (including phenoxy) is 1. The molecule has 3 aromatic carbocycles. The predicted octanol–water partition coefficient (Wildman–Crippen LogP) is 4.27. The van der Waals surface area contributed by atoms with Crippen LogP contribution in [0.1, 0.15) is 28.8 Å². The van der Waals surface area contributed by atoms with Crippen molar-refractivity contribution >= 4 is 23.5 Å². The lowest BCUT2D eigenvalue weighted by atomic mass is 10.1. The van der Waals surface area contributed by atoms with Crippen LogP contribution in [0.3, 0.4) is 0 Å². The van der Waals surface area contributed by atoms with E-state index in [1.165, 1.54) is 0 Å². The summed E-state index contributed by atoms with van der Waals surface area (Å²) in [5, 5.41) is 2.73. The van der Waals surface area contributed by atoms with E-state index in [1.54, 1.807) is 24.3 Å². The zero-order valence-electron chi connectivity index (χ0n) is 17.6. The molecule has 6 heteroatoms. The minimum atomic E-state index is -0.566. The van der Waals surface area contributed by atoms with Crippen molar-refractivity contribution in [2.45, 2.75) is 19.4 Å². The van der Waals surface area contributed by atoms with E-state index in [2.05, 4.69) is 5.32 Å². The fourth-order valence-corrected chi connectivity index (χ4v) is 3.63. The number of anilines is 1. The fourth-order valence-electron chi connectivity index (χ4n) is 3.63. The molecule has 0 atom stereocenters. The monoisotopic (exact) mass is 428 g/mol. The van der Waals surface area contributed by atoms with Crippen molar-refractivity contribution in [1.82, 2.24) is 4.90 Å². The summed E-state index contributed by atoms with van der Waals surface area (Å²) in [7, 11) is 0. The molecule has 0 saturated carbocycles. The molecule has 0 spiro atoms. The summed E-state index contributed by atoms with van der Waals surface area (Å²) in [6.07, 6.45) is 1.49.